The summed E-state index contributed by atoms with van der Waals surface area (Å²) >= 11 is 1.66. The first-order valence-corrected chi connectivity index (χ1v) is 7.67. The Morgan fingerprint density at radius 2 is 2.05 bits per heavy atom. The predicted molar refractivity (Wildman–Crippen MR) is 84.0 cm³/mol. The number of hydrogen-bond acceptors (Lipinski definition) is 5. The molecule has 2 aromatic rings. The van der Waals surface area contributed by atoms with E-state index in [1.54, 1.807) is 11.3 Å². The van der Waals surface area contributed by atoms with E-state index in [-0.39, 0.29) is 35.4 Å². The summed E-state index contributed by atoms with van der Waals surface area (Å²) in [6, 6.07) is 8.30. The molecule has 0 saturated carbocycles. The summed E-state index contributed by atoms with van der Waals surface area (Å²) in [5.74, 6) is -0.388. The van der Waals surface area contributed by atoms with Crippen LogP contribution < -0.4 is 0 Å². The van der Waals surface area contributed by atoms with Crippen LogP contribution in [0.4, 0.5) is 0 Å². The second kappa shape index (κ2) is 6.74. The van der Waals surface area contributed by atoms with Gasteiger partial charge in [-0.05, 0) is 37.4 Å². The molecule has 0 bridgehead atoms. The minimum Gasteiger partial charge on any atom is -0.508 e. The minimum absolute atomic E-state index is 0.0525. The Morgan fingerprint density at radius 3 is 2.62 bits per heavy atom. The van der Waals surface area contributed by atoms with Crippen molar-refractivity contribution in [2.45, 2.75) is 26.4 Å². The Kier molecular flexibility index (Phi) is 4.98. The summed E-state index contributed by atoms with van der Waals surface area (Å²) < 4.78 is 0. The molecule has 0 saturated heterocycles. The largest absolute Gasteiger partial charge is 0.508 e. The molecule has 1 aromatic heterocycles. The van der Waals surface area contributed by atoms with Crippen LogP contribution in [0.1, 0.15) is 29.1 Å². The summed E-state index contributed by atoms with van der Waals surface area (Å²) in [5.41, 5.74) is 0.240. The Labute approximate surface area is 128 Å². The van der Waals surface area contributed by atoms with Gasteiger partial charge in [-0.1, -0.05) is 6.07 Å². The fourth-order valence-corrected chi connectivity index (χ4v) is 2.78. The van der Waals surface area contributed by atoms with Gasteiger partial charge >= 0.3 is 0 Å². The van der Waals surface area contributed by atoms with Gasteiger partial charge in [0.1, 0.15) is 11.5 Å². The summed E-state index contributed by atoms with van der Waals surface area (Å²) in [6.45, 7) is 5.02. The number of benzene rings is 1. The zero-order valence-electron chi connectivity index (χ0n) is 12.1. The molecule has 0 unspecified atom stereocenters. The highest BCUT2D eigenvalue weighted by atomic mass is 32.1. The van der Waals surface area contributed by atoms with Gasteiger partial charge in [0.15, 0.2) is 5.78 Å². The smallest absolute Gasteiger partial charge is 0.180 e. The van der Waals surface area contributed by atoms with E-state index in [1.165, 1.54) is 23.1 Å². The van der Waals surface area contributed by atoms with E-state index in [2.05, 4.69) is 4.90 Å². The number of hydrogen-bond donors (Lipinski definition) is 2. The van der Waals surface area contributed by atoms with Crippen LogP contribution in [-0.2, 0) is 6.54 Å². The highest BCUT2D eigenvalue weighted by molar-refractivity contribution is 7.09. The van der Waals surface area contributed by atoms with E-state index < -0.39 is 0 Å². The predicted octanol–water partition coefficient (Wildman–Crippen LogP) is 3.25. The van der Waals surface area contributed by atoms with Gasteiger partial charge < -0.3 is 10.2 Å². The number of Topliss-reactive ketones (excluding diaryl/α,β-unsaturated/α-hetero) is 1. The lowest BCUT2D eigenvalue weighted by Gasteiger charge is -2.25. The molecule has 4 nitrogen and oxygen atoms in total. The molecule has 0 atom stereocenters. The summed E-state index contributed by atoms with van der Waals surface area (Å²) in [5, 5.41) is 21.1. The molecule has 0 amide bonds. The molecule has 0 aliphatic carbocycles. The number of rotatable bonds is 6. The van der Waals surface area contributed by atoms with Crippen LogP contribution in [0.25, 0.3) is 0 Å². The highest BCUT2D eigenvalue weighted by Gasteiger charge is 2.18. The average Bonchev–Trinajstić information content (AvgIpc) is 2.90. The van der Waals surface area contributed by atoms with Crippen LogP contribution in [0.2, 0.25) is 0 Å². The van der Waals surface area contributed by atoms with Gasteiger partial charge in [-0.2, -0.15) is 0 Å². The number of nitrogens with zero attached hydrogens (tertiary/aromatic N) is 1. The van der Waals surface area contributed by atoms with E-state index in [0.717, 1.165) is 0 Å². The summed E-state index contributed by atoms with van der Waals surface area (Å²) in [6.07, 6.45) is 0. The van der Waals surface area contributed by atoms with Crippen LogP contribution in [0.15, 0.2) is 35.7 Å². The quantitative estimate of drug-likeness (QED) is 0.804. The highest BCUT2D eigenvalue weighted by Crippen LogP contribution is 2.24. The average molecular weight is 305 g/mol. The standard InChI is InChI=1S/C16H19NO3S/c1-11(2)17(9-13-4-3-7-21-13)10-16(20)14-6-5-12(18)8-15(14)19/h3-8,11,18-19H,9-10H2,1-2H3. The monoisotopic (exact) mass is 305 g/mol. The van der Waals surface area contributed by atoms with Gasteiger partial charge in [0.05, 0.1) is 12.1 Å². The molecular formula is C16H19NO3S. The first-order chi connectivity index (χ1) is 9.97. The molecular weight excluding hydrogens is 286 g/mol. The van der Waals surface area contributed by atoms with Crippen molar-refractivity contribution in [3.05, 3.63) is 46.2 Å². The summed E-state index contributed by atoms with van der Waals surface area (Å²) in [4.78, 5) is 15.6. The van der Waals surface area contributed by atoms with E-state index in [1.807, 2.05) is 31.4 Å². The molecule has 2 rings (SSSR count). The SMILES string of the molecule is CC(C)N(CC(=O)c1ccc(O)cc1O)Cc1cccs1. The molecule has 1 heterocycles. The van der Waals surface area contributed by atoms with Crippen LogP contribution in [0.3, 0.4) is 0 Å². The lowest BCUT2D eigenvalue weighted by Crippen LogP contribution is -2.35. The number of phenolic OH excluding ortho intramolecular Hbond substituents is 2. The van der Waals surface area contributed by atoms with Gasteiger partial charge in [0.2, 0.25) is 0 Å². The van der Waals surface area contributed by atoms with Crippen LogP contribution >= 0.6 is 11.3 Å². The van der Waals surface area contributed by atoms with Crippen LogP contribution in [0.5, 0.6) is 11.5 Å². The van der Waals surface area contributed by atoms with Crippen molar-refractivity contribution in [3.63, 3.8) is 0 Å². The molecule has 1 aromatic carbocycles. The Balaban J connectivity index is 2.11. The van der Waals surface area contributed by atoms with Crippen LogP contribution in [0, 0.1) is 0 Å². The lowest BCUT2D eigenvalue weighted by molar-refractivity contribution is 0.0896. The maximum absolute atomic E-state index is 12.3. The first-order valence-electron chi connectivity index (χ1n) is 6.79. The molecule has 0 aliphatic rings. The number of carbonyl (C=O) groups is 1. The minimum atomic E-state index is -0.181. The van der Waals surface area contributed by atoms with Gasteiger partial charge in [-0.25, -0.2) is 0 Å². The molecule has 0 spiro atoms. The number of phenols is 2. The third kappa shape index (κ3) is 4.06. The van der Waals surface area contributed by atoms with E-state index >= 15 is 0 Å². The van der Waals surface area contributed by atoms with Gasteiger partial charge in [0, 0.05) is 23.5 Å². The Hall–Kier alpha value is -1.85. The number of carbonyl (C=O) groups excluding carboxylic acids is 1. The van der Waals surface area contributed by atoms with Crippen LogP contribution in [-0.4, -0.2) is 33.5 Å². The second-order valence-corrected chi connectivity index (χ2v) is 6.23. The molecule has 21 heavy (non-hydrogen) atoms. The topological polar surface area (TPSA) is 60.8 Å². The van der Waals surface area contributed by atoms with E-state index in [9.17, 15) is 15.0 Å². The van der Waals surface area contributed by atoms with Crippen molar-refractivity contribution in [1.29, 1.82) is 0 Å². The number of ketones is 1. The van der Waals surface area contributed by atoms with Gasteiger partial charge in [-0.15, -0.1) is 11.3 Å². The maximum Gasteiger partial charge on any atom is 0.180 e. The third-order valence-corrected chi connectivity index (χ3v) is 4.16. The zero-order valence-corrected chi connectivity index (χ0v) is 12.9. The van der Waals surface area contributed by atoms with Crippen molar-refractivity contribution in [3.8, 4) is 11.5 Å². The van der Waals surface area contributed by atoms with Crippen molar-refractivity contribution in [2.24, 2.45) is 0 Å². The summed E-state index contributed by atoms with van der Waals surface area (Å²) in [7, 11) is 0. The normalized spacial score (nSPS) is 11.2. The molecule has 0 aliphatic heterocycles. The fourth-order valence-electron chi connectivity index (χ4n) is 2.05. The fraction of sp³-hybridized carbons (Fsp3) is 0.312. The maximum atomic E-state index is 12.3. The Morgan fingerprint density at radius 1 is 1.29 bits per heavy atom. The molecule has 5 heteroatoms. The second-order valence-electron chi connectivity index (χ2n) is 5.20. The molecule has 112 valence electrons. The Bertz CT molecular complexity index is 608. The van der Waals surface area contributed by atoms with Gasteiger partial charge in [-0.3, -0.25) is 9.69 Å². The zero-order chi connectivity index (χ0) is 15.4. The molecule has 2 N–H and O–H groups in total. The molecule has 0 fully saturated rings. The van der Waals surface area contributed by atoms with Crippen molar-refractivity contribution in [1.82, 2.24) is 4.90 Å². The number of aromatic hydroxyl groups is 2. The lowest BCUT2D eigenvalue weighted by atomic mass is 10.1. The van der Waals surface area contributed by atoms with E-state index in [4.69, 9.17) is 0 Å². The third-order valence-electron chi connectivity index (χ3n) is 3.30. The van der Waals surface area contributed by atoms with Crippen molar-refractivity contribution < 1.29 is 15.0 Å². The van der Waals surface area contributed by atoms with Crippen molar-refractivity contribution in [2.75, 3.05) is 6.54 Å². The van der Waals surface area contributed by atoms with Gasteiger partial charge in [0.25, 0.3) is 0 Å². The van der Waals surface area contributed by atoms with Crippen molar-refractivity contribution >= 4 is 17.1 Å². The van der Waals surface area contributed by atoms with E-state index in [0.29, 0.717) is 6.54 Å². The number of thiophene rings is 1. The first kappa shape index (κ1) is 15.5. The molecule has 0 radical (unpaired) electrons.